The second-order valence-corrected chi connectivity index (χ2v) is 14.7. The summed E-state index contributed by atoms with van der Waals surface area (Å²) in [6.45, 7) is 1.42. The number of nitrogens with zero attached hydrogens (tertiary/aromatic N) is 5. The van der Waals surface area contributed by atoms with E-state index in [1.54, 1.807) is 34.6 Å². The molecule has 3 amide bonds. The molecule has 1 saturated carbocycles. The number of carbonyl (C=O) groups excluding carboxylic acids is 4. The third-order valence-electron chi connectivity index (χ3n) is 9.22. The van der Waals surface area contributed by atoms with E-state index in [0.29, 0.717) is 37.2 Å². The third-order valence-corrected chi connectivity index (χ3v) is 11.2. The number of phenolic OH excluding ortho intramolecular Hbond substituents is 1. The first-order valence-electron chi connectivity index (χ1n) is 16.6. The van der Waals surface area contributed by atoms with Crippen LogP contribution in [0.15, 0.2) is 82.2 Å². The van der Waals surface area contributed by atoms with Gasteiger partial charge in [-0.2, -0.15) is 0 Å². The molecule has 1 aliphatic carbocycles. The number of fused-ring (bicyclic) bond motifs is 1. The maximum absolute atomic E-state index is 13.4. The molecule has 51 heavy (non-hydrogen) atoms. The summed E-state index contributed by atoms with van der Waals surface area (Å²) in [6.07, 6.45) is 9.34. The number of anilines is 1. The lowest BCUT2D eigenvalue weighted by atomic mass is 10.0. The minimum Gasteiger partial charge on any atom is -0.543 e. The van der Waals surface area contributed by atoms with Gasteiger partial charge in [0.2, 0.25) is 5.91 Å². The number of hydrogen-bond acceptors (Lipinski definition) is 12. The molecule has 2 saturated heterocycles. The number of aliphatic carboxylic acids is 1. The van der Waals surface area contributed by atoms with E-state index >= 15 is 0 Å². The van der Waals surface area contributed by atoms with Crippen molar-refractivity contribution in [3.05, 3.63) is 93.9 Å². The van der Waals surface area contributed by atoms with Gasteiger partial charge in [0.25, 0.3) is 11.8 Å². The average molecular weight is 730 g/mol. The van der Waals surface area contributed by atoms with E-state index in [4.69, 9.17) is 10.6 Å². The number of aromatic hydroxyl groups is 1. The number of carboxylic acids is 1. The zero-order valence-corrected chi connectivity index (χ0v) is 29.0. The summed E-state index contributed by atoms with van der Waals surface area (Å²) in [4.78, 5) is 65.2. The number of pyridine rings is 1. The first-order valence-corrected chi connectivity index (χ1v) is 18.5. The van der Waals surface area contributed by atoms with Crippen molar-refractivity contribution < 1.29 is 38.8 Å². The maximum Gasteiger partial charge on any atom is 0.276 e. The molecule has 2 aromatic heterocycles. The number of likely N-dealkylation sites (tertiary alicyclic amines) is 1. The molecule has 14 nitrogen and oxygen atoms in total. The van der Waals surface area contributed by atoms with Gasteiger partial charge in [-0.05, 0) is 61.4 Å². The van der Waals surface area contributed by atoms with Gasteiger partial charge in [0.05, 0.1) is 11.7 Å². The molecular formula is C35H35N7O7S2. The van der Waals surface area contributed by atoms with Crippen molar-refractivity contribution >= 4 is 57.6 Å². The minimum absolute atomic E-state index is 0.115. The number of carboxylic acid groups (broad SMARTS) is 1. The molecule has 2 atom stereocenters. The van der Waals surface area contributed by atoms with Crippen molar-refractivity contribution in [3.63, 3.8) is 0 Å². The molecule has 4 aliphatic rings. The van der Waals surface area contributed by atoms with Gasteiger partial charge in [-0.25, -0.2) is 9.55 Å². The Labute approximate surface area is 301 Å². The third kappa shape index (κ3) is 7.32. The van der Waals surface area contributed by atoms with E-state index in [9.17, 15) is 29.4 Å². The Hall–Kier alpha value is -5.22. The van der Waals surface area contributed by atoms with Crippen molar-refractivity contribution in [3.8, 4) is 5.75 Å². The molecule has 5 heterocycles. The molecule has 3 aliphatic heterocycles. The van der Waals surface area contributed by atoms with Gasteiger partial charge in [-0.15, -0.1) is 23.1 Å². The van der Waals surface area contributed by atoms with Crippen LogP contribution < -0.4 is 20.7 Å². The Balaban J connectivity index is 1.01. The van der Waals surface area contributed by atoms with Crippen molar-refractivity contribution in [2.45, 2.75) is 62.7 Å². The van der Waals surface area contributed by atoms with Gasteiger partial charge >= 0.3 is 0 Å². The lowest BCUT2D eigenvalue weighted by Gasteiger charge is -2.50. The molecule has 3 fully saturated rings. The number of amides is 3. The Morgan fingerprint density at radius 3 is 2.67 bits per heavy atom. The van der Waals surface area contributed by atoms with Gasteiger partial charge in [-0.1, -0.05) is 17.3 Å². The summed E-state index contributed by atoms with van der Waals surface area (Å²) in [5, 5.41) is 30.0. The second-order valence-electron chi connectivity index (χ2n) is 12.7. The van der Waals surface area contributed by atoms with Crippen molar-refractivity contribution in [1.29, 1.82) is 0 Å². The number of phenols is 1. The highest BCUT2D eigenvalue weighted by Crippen LogP contribution is 2.41. The maximum atomic E-state index is 13.4. The van der Waals surface area contributed by atoms with Crippen LogP contribution in [0.5, 0.6) is 5.75 Å². The molecule has 4 N–H and O–H groups in total. The highest BCUT2D eigenvalue weighted by molar-refractivity contribution is 8.00. The fourth-order valence-electron chi connectivity index (χ4n) is 6.62. The Morgan fingerprint density at radius 1 is 1.18 bits per heavy atom. The predicted octanol–water partition coefficient (Wildman–Crippen LogP) is 1.19. The zero-order chi connectivity index (χ0) is 35.6. The first kappa shape index (κ1) is 34.2. The van der Waals surface area contributed by atoms with Crippen molar-refractivity contribution in [1.82, 2.24) is 20.1 Å². The fraction of sp³-hybridized carbons (Fsp3) is 0.343. The molecule has 1 aromatic carbocycles. The summed E-state index contributed by atoms with van der Waals surface area (Å²) in [7, 11) is 0. The number of thioether (sulfide) groups is 1. The van der Waals surface area contributed by atoms with E-state index in [0.717, 1.165) is 53.0 Å². The van der Waals surface area contributed by atoms with Gasteiger partial charge in [0.15, 0.2) is 29.8 Å². The molecule has 0 bridgehead atoms. The number of thiazole rings is 1. The van der Waals surface area contributed by atoms with Gasteiger partial charge < -0.3 is 35.8 Å². The summed E-state index contributed by atoms with van der Waals surface area (Å²) >= 11 is 2.42. The van der Waals surface area contributed by atoms with Gasteiger partial charge in [-0.3, -0.25) is 19.3 Å². The quantitative estimate of drug-likeness (QED) is 0.0849. The largest absolute Gasteiger partial charge is 0.543 e. The Kier molecular flexibility index (Phi) is 9.77. The number of aromatic nitrogens is 2. The Morgan fingerprint density at radius 2 is 1.96 bits per heavy atom. The van der Waals surface area contributed by atoms with Crippen LogP contribution in [0, 0.1) is 0 Å². The van der Waals surface area contributed by atoms with Crippen LogP contribution in [0.2, 0.25) is 0 Å². The number of allylic oxidation sites excluding steroid dienone is 1. The average Bonchev–Trinajstić information content (AvgIpc) is 3.87. The number of oxime groups is 1. The molecule has 0 radical (unpaired) electrons. The lowest BCUT2D eigenvalue weighted by molar-refractivity contribution is -0.688. The van der Waals surface area contributed by atoms with E-state index in [1.165, 1.54) is 11.8 Å². The summed E-state index contributed by atoms with van der Waals surface area (Å²) < 4.78 is 1.97. The standard InChI is InChI=1S/C35H35N7O7S2/c36-35-37-26(19-51-35)27(39-49-25-6-1-2-7-25)30(44)38-28-32(46)42-29(34(47)48)23(18-50-33(28)42)15-22-10-13-41(31(22)45)17-20-8-11-40(12-9-20)16-21-4-3-5-24(43)14-21/h3-5,8-9,11-12,14-15,19,25,28,33H,1-2,6-7,10,13,16-18H2,(H4-,36,37,38,43,44,47,48)/t28-,33-/m1/s1. The summed E-state index contributed by atoms with van der Waals surface area (Å²) in [5.41, 5.74) is 8.22. The number of carbonyl (C=O) groups is 4. The van der Waals surface area contributed by atoms with Crippen molar-refractivity contribution in [2.75, 3.05) is 18.0 Å². The van der Waals surface area contributed by atoms with Crippen LogP contribution in [0.25, 0.3) is 0 Å². The smallest absolute Gasteiger partial charge is 0.276 e. The van der Waals surface area contributed by atoms with E-state index in [-0.39, 0.29) is 45.7 Å². The van der Waals surface area contributed by atoms with Crippen LogP contribution in [-0.2, 0) is 37.1 Å². The normalized spacial score (nSPS) is 21.6. The van der Waals surface area contributed by atoms with E-state index < -0.39 is 29.2 Å². The highest BCUT2D eigenvalue weighted by Gasteiger charge is 2.53. The molecule has 0 unspecified atom stereocenters. The second kappa shape index (κ2) is 14.6. The first-order chi connectivity index (χ1) is 24.6. The van der Waals surface area contributed by atoms with Gasteiger partial charge in [0.1, 0.15) is 29.0 Å². The number of β-lactam (4-membered cyclic amide) rings is 1. The number of rotatable bonds is 11. The zero-order valence-electron chi connectivity index (χ0n) is 27.4. The predicted molar refractivity (Wildman–Crippen MR) is 185 cm³/mol. The van der Waals surface area contributed by atoms with E-state index in [1.807, 2.05) is 35.2 Å². The van der Waals surface area contributed by atoms with Crippen molar-refractivity contribution in [2.24, 2.45) is 5.16 Å². The molecule has 16 heteroatoms. The molecular weight excluding hydrogens is 695 g/mol. The number of nitrogen functional groups attached to an aromatic ring is 1. The van der Waals surface area contributed by atoms with Crippen LogP contribution in [0.1, 0.15) is 48.9 Å². The van der Waals surface area contributed by atoms with E-state index in [2.05, 4.69) is 15.5 Å². The minimum atomic E-state index is -1.54. The van der Waals surface area contributed by atoms with Crippen LogP contribution >= 0.6 is 23.1 Å². The highest BCUT2D eigenvalue weighted by atomic mass is 32.2. The Bertz CT molecular complexity index is 1970. The number of benzene rings is 1. The number of nitrogens with two attached hydrogens (primary N) is 1. The molecule has 0 spiro atoms. The van der Waals surface area contributed by atoms with Crippen LogP contribution in [-0.4, -0.2) is 79.1 Å². The number of hydrogen-bond donors (Lipinski definition) is 3. The van der Waals surface area contributed by atoms with Gasteiger partial charge in [0, 0.05) is 47.5 Å². The molecule has 3 aromatic rings. The summed E-state index contributed by atoms with van der Waals surface area (Å²) in [5.74, 6) is -2.66. The molecule has 264 valence electrons. The van der Waals surface area contributed by atoms with Crippen LogP contribution in [0.4, 0.5) is 5.13 Å². The monoisotopic (exact) mass is 729 g/mol. The lowest BCUT2D eigenvalue weighted by Crippen LogP contribution is -2.71. The fourth-order valence-corrected chi connectivity index (χ4v) is 8.48. The molecule has 7 rings (SSSR count). The van der Waals surface area contributed by atoms with Crippen LogP contribution in [0.3, 0.4) is 0 Å². The summed E-state index contributed by atoms with van der Waals surface area (Å²) in [6, 6.07) is 9.89. The number of nitrogens with one attached hydrogen (secondary N) is 1. The topological polar surface area (TPSA) is 194 Å². The SMILES string of the molecule is Nc1nc(C(=NOC2CCCC2)C(=O)N[C@@H]2C(=O)N3C(C(=O)[O-])=C(C=C4CCN(Cc5cc[n+](Cc6cccc(O)c6)cc5)C4=O)CS[C@H]23)cs1.